The lowest BCUT2D eigenvalue weighted by Crippen LogP contribution is -1.90. The van der Waals surface area contributed by atoms with Crippen LogP contribution in [0.25, 0.3) is 10.4 Å². The van der Waals surface area contributed by atoms with Crippen LogP contribution in [-0.2, 0) is 0 Å². The van der Waals surface area contributed by atoms with Gasteiger partial charge in [-0.3, -0.25) is 0 Å². The van der Waals surface area contributed by atoms with Crippen LogP contribution in [-0.4, -0.2) is 18.3 Å². The molecule has 0 aliphatic carbocycles. The van der Waals surface area contributed by atoms with Crippen molar-refractivity contribution in [3.8, 4) is 0 Å². The topological polar surface area (TPSA) is 69.0 Å². The van der Waals surface area contributed by atoms with Crippen LogP contribution in [0.4, 0.5) is 0 Å². The van der Waals surface area contributed by atoms with Crippen molar-refractivity contribution >= 4 is 0 Å². The molecule has 0 saturated heterocycles. The molecule has 0 heterocycles. The summed E-state index contributed by atoms with van der Waals surface area (Å²) in [7, 11) is 0. The molecule has 4 nitrogen and oxygen atoms in total. The normalized spacial score (nSPS) is 7.62. The summed E-state index contributed by atoms with van der Waals surface area (Å²) in [6.45, 7) is 3.47. The lowest BCUT2D eigenvalue weighted by molar-refractivity contribution is 0.330. The molecule has 0 aliphatic heterocycles. The van der Waals surface area contributed by atoms with E-state index < -0.39 is 0 Å². The van der Waals surface area contributed by atoms with Crippen LogP contribution in [0.15, 0.2) is 17.3 Å². The molecule has 0 saturated carbocycles. The number of rotatable bonds is 3. The number of hydrogen-bond acceptors (Lipinski definition) is 2. The number of nitrogens with zero attached hydrogens (tertiary/aromatic N) is 3. The van der Waals surface area contributed by atoms with E-state index in [0.717, 1.165) is 0 Å². The summed E-state index contributed by atoms with van der Waals surface area (Å²) in [5.41, 5.74) is 8.28. The van der Waals surface area contributed by atoms with Gasteiger partial charge in [0.1, 0.15) is 0 Å². The molecule has 8 heavy (non-hydrogen) atoms. The fourth-order valence-electron chi connectivity index (χ4n) is 0.182. The molecule has 0 aromatic rings. The zero-order chi connectivity index (χ0) is 6.41. The Morgan fingerprint density at radius 3 is 2.88 bits per heavy atom. The van der Waals surface area contributed by atoms with E-state index >= 15 is 0 Å². The predicted octanol–water partition coefficient (Wildman–Crippen LogP) is 0.845. The molecule has 0 atom stereocenters. The van der Waals surface area contributed by atoms with Gasteiger partial charge in [0.25, 0.3) is 0 Å². The molecular formula is C4H7N3O. The third-order valence-corrected chi connectivity index (χ3v) is 0.581. The second-order valence-electron chi connectivity index (χ2n) is 1.30. The summed E-state index contributed by atoms with van der Waals surface area (Å²) in [4.78, 5) is 2.48. The molecule has 4 heteroatoms. The average molecular weight is 113 g/mol. The van der Waals surface area contributed by atoms with Gasteiger partial charge in [0, 0.05) is 11.5 Å². The maximum absolute atomic E-state index is 8.28. The third kappa shape index (κ3) is 3.21. The van der Waals surface area contributed by atoms with Crippen molar-refractivity contribution < 1.29 is 5.11 Å². The SMILES string of the molecule is C=C(CO)CN=[N+]=[N-]. The summed E-state index contributed by atoms with van der Waals surface area (Å²) in [6, 6.07) is 0. The third-order valence-electron chi connectivity index (χ3n) is 0.581. The Labute approximate surface area is 47.1 Å². The van der Waals surface area contributed by atoms with Crippen molar-refractivity contribution in [3.63, 3.8) is 0 Å². The second-order valence-corrected chi connectivity index (χ2v) is 1.30. The van der Waals surface area contributed by atoms with Crippen molar-refractivity contribution in [1.29, 1.82) is 0 Å². The molecule has 0 radical (unpaired) electrons. The summed E-state index contributed by atoms with van der Waals surface area (Å²) in [5.74, 6) is 0. The van der Waals surface area contributed by atoms with Gasteiger partial charge in [0.2, 0.25) is 0 Å². The van der Waals surface area contributed by atoms with E-state index in [2.05, 4.69) is 16.6 Å². The van der Waals surface area contributed by atoms with E-state index in [4.69, 9.17) is 10.6 Å². The standard InChI is InChI=1S/C4H7N3O/c1-4(3-8)2-6-7-5/h8H,1-3H2. The Kier molecular flexibility index (Phi) is 3.66. The monoisotopic (exact) mass is 113 g/mol. The summed E-state index contributed by atoms with van der Waals surface area (Å²) < 4.78 is 0. The molecule has 0 bridgehead atoms. The van der Waals surface area contributed by atoms with E-state index in [0.29, 0.717) is 5.57 Å². The Bertz CT molecular complexity index is 125. The first-order valence-corrected chi connectivity index (χ1v) is 2.09. The molecule has 0 aromatic heterocycles. The fraction of sp³-hybridized carbons (Fsp3) is 0.500. The van der Waals surface area contributed by atoms with Crippen molar-refractivity contribution in [3.05, 3.63) is 22.6 Å². The van der Waals surface area contributed by atoms with Gasteiger partial charge in [0.15, 0.2) is 0 Å². The molecule has 1 N–H and O–H groups in total. The number of aliphatic hydroxyl groups excluding tert-OH is 1. The van der Waals surface area contributed by atoms with E-state index in [-0.39, 0.29) is 13.2 Å². The number of aliphatic hydroxyl groups is 1. The number of hydrogen-bond donors (Lipinski definition) is 1. The minimum Gasteiger partial charge on any atom is -0.392 e. The summed E-state index contributed by atoms with van der Waals surface area (Å²) in [6.07, 6.45) is 0. The lowest BCUT2D eigenvalue weighted by atomic mass is 10.3. The highest BCUT2D eigenvalue weighted by atomic mass is 16.3. The van der Waals surface area contributed by atoms with E-state index in [9.17, 15) is 0 Å². The van der Waals surface area contributed by atoms with Gasteiger partial charge in [-0.05, 0) is 11.1 Å². The molecule has 0 amide bonds. The van der Waals surface area contributed by atoms with Gasteiger partial charge in [-0.25, -0.2) is 0 Å². The maximum atomic E-state index is 8.28. The van der Waals surface area contributed by atoms with Gasteiger partial charge >= 0.3 is 0 Å². The van der Waals surface area contributed by atoms with Gasteiger partial charge in [-0.1, -0.05) is 11.7 Å². The van der Waals surface area contributed by atoms with Crippen molar-refractivity contribution in [2.24, 2.45) is 5.11 Å². The molecule has 44 valence electrons. The first kappa shape index (κ1) is 7.01. The molecule has 0 spiro atoms. The van der Waals surface area contributed by atoms with Crippen molar-refractivity contribution in [1.82, 2.24) is 0 Å². The highest BCUT2D eigenvalue weighted by Crippen LogP contribution is 1.86. The minimum atomic E-state index is -0.112. The van der Waals surface area contributed by atoms with E-state index in [1.165, 1.54) is 0 Å². The van der Waals surface area contributed by atoms with Crippen LogP contribution in [0.5, 0.6) is 0 Å². The van der Waals surface area contributed by atoms with Gasteiger partial charge in [0.05, 0.1) is 6.61 Å². The van der Waals surface area contributed by atoms with Crippen molar-refractivity contribution in [2.75, 3.05) is 13.2 Å². The van der Waals surface area contributed by atoms with E-state index in [1.54, 1.807) is 0 Å². The molecule has 0 unspecified atom stereocenters. The van der Waals surface area contributed by atoms with Crippen LogP contribution in [0.3, 0.4) is 0 Å². The molecule has 0 aliphatic rings. The molecule has 0 rings (SSSR count). The largest absolute Gasteiger partial charge is 0.392 e. The van der Waals surface area contributed by atoms with Crippen LogP contribution >= 0.6 is 0 Å². The predicted molar refractivity (Wildman–Crippen MR) is 30.2 cm³/mol. The first-order valence-electron chi connectivity index (χ1n) is 2.09. The van der Waals surface area contributed by atoms with Crippen LogP contribution in [0, 0.1) is 0 Å². The second kappa shape index (κ2) is 4.18. The minimum absolute atomic E-state index is 0.112. The molecule has 0 aromatic carbocycles. The zero-order valence-electron chi connectivity index (χ0n) is 4.41. The molecule has 0 fully saturated rings. The van der Waals surface area contributed by atoms with Gasteiger partial charge in [-0.15, -0.1) is 0 Å². The Morgan fingerprint density at radius 1 is 1.88 bits per heavy atom. The smallest absolute Gasteiger partial charge is 0.0640 e. The zero-order valence-corrected chi connectivity index (χ0v) is 4.41. The van der Waals surface area contributed by atoms with E-state index in [1.807, 2.05) is 0 Å². The Hall–Kier alpha value is -0.990. The Balaban J connectivity index is 3.39. The first-order chi connectivity index (χ1) is 3.81. The lowest BCUT2D eigenvalue weighted by Gasteiger charge is -1.89. The Morgan fingerprint density at radius 2 is 2.50 bits per heavy atom. The average Bonchev–Trinajstić information content (AvgIpc) is 1.83. The summed E-state index contributed by atoms with van der Waals surface area (Å²) >= 11 is 0. The summed E-state index contributed by atoms with van der Waals surface area (Å²) in [5, 5.41) is 11.4. The van der Waals surface area contributed by atoms with Crippen LogP contribution < -0.4 is 0 Å². The highest BCUT2D eigenvalue weighted by molar-refractivity contribution is 4.95. The quantitative estimate of drug-likeness (QED) is 0.250. The van der Waals surface area contributed by atoms with Gasteiger partial charge < -0.3 is 5.11 Å². The number of azide groups is 1. The van der Waals surface area contributed by atoms with Gasteiger partial charge in [-0.2, -0.15) is 0 Å². The van der Waals surface area contributed by atoms with Crippen molar-refractivity contribution in [2.45, 2.75) is 0 Å². The maximum Gasteiger partial charge on any atom is 0.0640 e. The van der Waals surface area contributed by atoms with Crippen LogP contribution in [0.1, 0.15) is 0 Å². The molecular weight excluding hydrogens is 106 g/mol. The highest BCUT2D eigenvalue weighted by Gasteiger charge is 1.84. The fourth-order valence-corrected chi connectivity index (χ4v) is 0.182. The van der Waals surface area contributed by atoms with Crippen LogP contribution in [0.2, 0.25) is 0 Å².